The lowest BCUT2D eigenvalue weighted by Gasteiger charge is -2.10. The van der Waals surface area contributed by atoms with Crippen molar-refractivity contribution < 1.29 is 28.5 Å². The van der Waals surface area contributed by atoms with E-state index < -0.39 is 11.9 Å². The van der Waals surface area contributed by atoms with Gasteiger partial charge in [-0.2, -0.15) is 5.10 Å². The first-order valence-corrected chi connectivity index (χ1v) is 9.63. The van der Waals surface area contributed by atoms with E-state index in [9.17, 15) is 9.59 Å². The number of benzene rings is 3. The summed E-state index contributed by atoms with van der Waals surface area (Å²) in [6.45, 7) is -0.227. The monoisotopic (exact) mass is 434 g/mol. The van der Waals surface area contributed by atoms with Crippen LogP contribution in [0.5, 0.6) is 23.0 Å². The van der Waals surface area contributed by atoms with Gasteiger partial charge in [-0.25, -0.2) is 10.2 Å². The number of nitrogens with one attached hydrogen (secondary N) is 1. The number of ether oxygens (including phenoxy) is 4. The van der Waals surface area contributed by atoms with Gasteiger partial charge in [0.25, 0.3) is 5.91 Å². The third-order valence-corrected chi connectivity index (χ3v) is 4.23. The van der Waals surface area contributed by atoms with E-state index in [2.05, 4.69) is 10.5 Å². The Hall–Kier alpha value is -4.33. The molecule has 0 heterocycles. The van der Waals surface area contributed by atoms with Crippen LogP contribution in [0.25, 0.3) is 0 Å². The molecular weight excluding hydrogens is 412 g/mol. The Kier molecular flexibility index (Phi) is 7.80. The van der Waals surface area contributed by atoms with E-state index >= 15 is 0 Å². The van der Waals surface area contributed by atoms with E-state index in [1.807, 2.05) is 6.07 Å². The number of rotatable bonds is 9. The van der Waals surface area contributed by atoms with Crippen molar-refractivity contribution in [3.05, 3.63) is 83.9 Å². The molecule has 1 amide bonds. The predicted molar refractivity (Wildman–Crippen MR) is 119 cm³/mol. The van der Waals surface area contributed by atoms with Gasteiger partial charge in [0.2, 0.25) is 0 Å². The van der Waals surface area contributed by atoms with Gasteiger partial charge in [0.05, 0.1) is 26.0 Å². The molecule has 0 unspecified atom stereocenters. The van der Waals surface area contributed by atoms with Crippen molar-refractivity contribution in [2.24, 2.45) is 5.10 Å². The number of carbonyl (C=O) groups excluding carboxylic acids is 2. The topological polar surface area (TPSA) is 95.5 Å². The first kappa shape index (κ1) is 22.4. The Balaban J connectivity index is 1.56. The molecule has 1 N–H and O–H groups in total. The molecule has 0 bridgehead atoms. The van der Waals surface area contributed by atoms with Gasteiger partial charge in [0.1, 0.15) is 0 Å². The van der Waals surface area contributed by atoms with Crippen LogP contribution in [0.15, 0.2) is 77.9 Å². The maximum absolute atomic E-state index is 12.2. The fraction of sp³-hybridized carbons (Fsp3) is 0.125. The van der Waals surface area contributed by atoms with Crippen LogP contribution in [-0.4, -0.2) is 38.9 Å². The smallest absolute Gasteiger partial charge is 0.343 e. The van der Waals surface area contributed by atoms with Gasteiger partial charge in [0.15, 0.2) is 29.6 Å². The zero-order valence-corrected chi connectivity index (χ0v) is 17.6. The summed E-state index contributed by atoms with van der Waals surface area (Å²) in [6.07, 6.45) is 1.44. The summed E-state index contributed by atoms with van der Waals surface area (Å²) in [6, 6.07) is 20.6. The lowest BCUT2D eigenvalue weighted by molar-refractivity contribution is -0.123. The summed E-state index contributed by atoms with van der Waals surface area (Å²) in [7, 11) is 2.99. The second-order valence-corrected chi connectivity index (χ2v) is 6.40. The van der Waals surface area contributed by atoms with Crippen molar-refractivity contribution in [2.45, 2.75) is 0 Å². The number of para-hydroxylation sites is 2. The number of esters is 1. The quantitative estimate of drug-likeness (QED) is 0.240. The third-order valence-electron chi connectivity index (χ3n) is 4.23. The maximum atomic E-state index is 12.2. The van der Waals surface area contributed by atoms with Gasteiger partial charge in [-0.15, -0.1) is 0 Å². The van der Waals surface area contributed by atoms with Gasteiger partial charge in [-0.1, -0.05) is 30.3 Å². The number of hydrogen-bond donors (Lipinski definition) is 1. The van der Waals surface area contributed by atoms with Crippen molar-refractivity contribution in [3.63, 3.8) is 0 Å². The van der Waals surface area contributed by atoms with Gasteiger partial charge in [0, 0.05) is 0 Å². The average molecular weight is 434 g/mol. The van der Waals surface area contributed by atoms with Crippen LogP contribution in [0.1, 0.15) is 15.9 Å². The van der Waals surface area contributed by atoms with E-state index in [-0.39, 0.29) is 12.4 Å². The maximum Gasteiger partial charge on any atom is 0.343 e. The molecule has 0 fully saturated rings. The van der Waals surface area contributed by atoms with Crippen molar-refractivity contribution in [1.82, 2.24) is 5.43 Å². The highest BCUT2D eigenvalue weighted by molar-refractivity contribution is 5.91. The van der Waals surface area contributed by atoms with Gasteiger partial charge < -0.3 is 18.9 Å². The average Bonchev–Trinajstić information content (AvgIpc) is 2.84. The van der Waals surface area contributed by atoms with Crippen LogP contribution in [0, 0.1) is 0 Å². The minimum atomic E-state index is -0.493. The van der Waals surface area contributed by atoms with Crippen LogP contribution in [0.2, 0.25) is 0 Å². The minimum Gasteiger partial charge on any atom is -0.493 e. The lowest BCUT2D eigenvalue weighted by Crippen LogP contribution is -2.24. The van der Waals surface area contributed by atoms with Crippen LogP contribution >= 0.6 is 0 Å². The van der Waals surface area contributed by atoms with Crippen molar-refractivity contribution >= 4 is 18.1 Å². The molecule has 0 saturated carbocycles. The SMILES string of the molecule is COc1ccccc1OCC(=O)NN=Cc1ccc(OC(=O)c2ccccc2)c(OC)c1. The van der Waals surface area contributed by atoms with Crippen LogP contribution in [0.4, 0.5) is 0 Å². The predicted octanol–water partition coefficient (Wildman–Crippen LogP) is 3.45. The number of methoxy groups -OCH3 is 2. The van der Waals surface area contributed by atoms with Gasteiger partial charge in [-0.3, -0.25) is 4.79 Å². The Morgan fingerprint density at radius 1 is 0.844 bits per heavy atom. The molecule has 0 aliphatic rings. The summed E-state index contributed by atoms with van der Waals surface area (Å²) in [5.41, 5.74) is 3.44. The molecule has 0 aliphatic heterocycles. The summed E-state index contributed by atoms with van der Waals surface area (Å²) in [4.78, 5) is 24.2. The van der Waals surface area contributed by atoms with Crippen LogP contribution in [0.3, 0.4) is 0 Å². The van der Waals surface area contributed by atoms with Crippen molar-refractivity contribution in [1.29, 1.82) is 0 Å². The number of carbonyl (C=O) groups is 2. The molecule has 8 nitrogen and oxygen atoms in total. The highest BCUT2D eigenvalue weighted by Gasteiger charge is 2.12. The second kappa shape index (κ2) is 11.2. The van der Waals surface area contributed by atoms with E-state index in [1.165, 1.54) is 20.4 Å². The standard InChI is InChI=1S/C24H22N2O6/c1-29-19-10-6-7-11-20(19)31-16-23(27)26-25-15-17-12-13-21(22(14-17)30-2)32-24(28)18-8-4-3-5-9-18/h3-15H,16H2,1-2H3,(H,26,27). The molecule has 0 radical (unpaired) electrons. The summed E-state index contributed by atoms with van der Waals surface area (Å²) in [5, 5.41) is 3.91. The van der Waals surface area contributed by atoms with Crippen molar-refractivity contribution in [2.75, 3.05) is 20.8 Å². The first-order valence-electron chi connectivity index (χ1n) is 9.63. The molecule has 8 heteroatoms. The zero-order chi connectivity index (χ0) is 22.8. The summed E-state index contributed by atoms with van der Waals surface area (Å²) < 4.78 is 21.3. The Labute approximate surface area is 185 Å². The number of hydrazone groups is 1. The first-order chi connectivity index (χ1) is 15.6. The van der Waals surface area contributed by atoms with E-state index in [0.717, 1.165) is 0 Å². The highest BCUT2D eigenvalue weighted by Crippen LogP contribution is 2.28. The molecule has 0 aliphatic carbocycles. The van der Waals surface area contributed by atoms with Crippen LogP contribution in [-0.2, 0) is 4.79 Å². The molecule has 0 spiro atoms. The van der Waals surface area contributed by atoms with E-state index in [4.69, 9.17) is 18.9 Å². The Morgan fingerprint density at radius 3 is 2.25 bits per heavy atom. The largest absolute Gasteiger partial charge is 0.493 e. The molecule has 3 aromatic carbocycles. The molecule has 32 heavy (non-hydrogen) atoms. The molecule has 3 rings (SSSR count). The summed E-state index contributed by atoms with van der Waals surface area (Å²) >= 11 is 0. The lowest BCUT2D eigenvalue weighted by atomic mass is 10.2. The van der Waals surface area contributed by atoms with E-state index in [0.29, 0.717) is 28.4 Å². The van der Waals surface area contributed by atoms with Crippen molar-refractivity contribution in [3.8, 4) is 23.0 Å². The number of nitrogens with zero attached hydrogens (tertiary/aromatic N) is 1. The summed E-state index contributed by atoms with van der Waals surface area (Å²) in [5.74, 6) is 0.681. The van der Waals surface area contributed by atoms with Crippen LogP contribution < -0.4 is 24.4 Å². The van der Waals surface area contributed by atoms with Gasteiger partial charge in [-0.05, 0) is 48.0 Å². The molecule has 3 aromatic rings. The number of hydrogen-bond acceptors (Lipinski definition) is 7. The second-order valence-electron chi connectivity index (χ2n) is 6.40. The molecule has 164 valence electrons. The minimum absolute atomic E-state index is 0.227. The molecular formula is C24H22N2O6. The zero-order valence-electron chi connectivity index (χ0n) is 17.6. The molecule has 0 aromatic heterocycles. The van der Waals surface area contributed by atoms with Gasteiger partial charge >= 0.3 is 5.97 Å². The molecule has 0 saturated heterocycles. The van der Waals surface area contributed by atoms with E-state index in [1.54, 1.807) is 66.7 Å². The highest BCUT2D eigenvalue weighted by atomic mass is 16.6. The Morgan fingerprint density at radius 2 is 1.53 bits per heavy atom. The molecule has 0 atom stereocenters. The third kappa shape index (κ3) is 6.09. The number of amides is 1. The fourth-order valence-corrected chi connectivity index (χ4v) is 2.67. The Bertz CT molecular complexity index is 1100. The fourth-order valence-electron chi connectivity index (χ4n) is 2.67. The normalized spacial score (nSPS) is 10.4.